The maximum atomic E-state index is 13.1. The molecule has 0 bridgehead atoms. The molecular formula is C24H21N3O4S2. The van der Waals surface area contributed by atoms with Crippen LogP contribution in [0.25, 0.3) is 10.2 Å². The number of anilines is 1. The molecule has 0 saturated carbocycles. The summed E-state index contributed by atoms with van der Waals surface area (Å²) >= 11 is 2.63. The number of hydrogen-bond acceptors (Lipinski definition) is 7. The minimum absolute atomic E-state index is 0.0923. The number of aromatic nitrogens is 2. The molecule has 9 heteroatoms. The zero-order valence-electron chi connectivity index (χ0n) is 17.9. The molecule has 7 nitrogen and oxygen atoms in total. The van der Waals surface area contributed by atoms with Crippen molar-refractivity contribution in [3.8, 4) is 11.5 Å². The smallest absolute Gasteiger partial charge is 0.272 e. The number of nitrogens with one attached hydrogen (secondary N) is 1. The normalized spacial score (nSPS) is 12.6. The molecular weight excluding hydrogens is 458 g/mol. The number of fused-ring (bicyclic) bond motifs is 2. The van der Waals surface area contributed by atoms with Gasteiger partial charge in [0.15, 0.2) is 16.7 Å². The number of amides is 1. The molecule has 1 aliphatic rings. The zero-order chi connectivity index (χ0) is 22.8. The number of carbonyl (C=O) groups excluding carboxylic acids is 1. The fourth-order valence-corrected chi connectivity index (χ4v) is 5.07. The monoisotopic (exact) mass is 479 g/mol. The van der Waals surface area contributed by atoms with E-state index in [0.717, 1.165) is 11.1 Å². The first-order chi connectivity index (χ1) is 16.1. The summed E-state index contributed by atoms with van der Waals surface area (Å²) in [7, 11) is 0. The Morgan fingerprint density at radius 2 is 1.91 bits per heavy atom. The Morgan fingerprint density at radius 1 is 1.12 bits per heavy atom. The second kappa shape index (κ2) is 9.29. The van der Waals surface area contributed by atoms with Gasteiger partial charge in [0.1, 0.15) is 17.9 Å². The lowest BCUT2D eigenvalue weighted by Crippen LogP contribution is -2.24. The van der Waals surface area contributed by atoms with Gasteiger partial charge in [0.25, 0.3) is 5.56 Å². The topological polar surface area (TPSA) is 82.5 Å². The van der Waals surface area contributed by atoms with Crippen molar-refractivity contribution in [2.45, 2.75) is 18.6 Å². The molecule has 0 radical (unpaired) electrons. The lowest BCUT2D eigenvalue weighted by atomic mass is 10.1. The standard InChI is InChI=1S/C24H21N3O4S2/c1-15-2-4-16(5-3-15)13-27-23(29)22-18(8-11-32-22)26-24(27)33-14-21(28)25-17-6-7-19-20(12-17)31-10-9-30-19/h2-8,11-12H,9-10,13-14H2,1H3,(H,25,28). The molecule has 1 amide bonds. The lowest BCUT2D eigenvalue weighted by molar-refractivity contribution is -0.113. The Balaban J connectivity index is 1.35. The summed E-state index contributed by atoms with van der Waals surface area (Å²) in [5.41, 5.74) is 3.35. The minimum Gasteiger partial charge on any atom is -0.486 e. The Morgan fingerprint density at radius 3 is 2.73 bits per heavy atom. The maximum Gasteiger partial charge on any atom is 0.272 e. The second-order valence-corrected chi connectivity index (χ2v) is 9.46. The SMILES string of the molecule is Cc1ccc(Cn2c(SCC(=O)Nc3ccc4c(c3)OCCO4)nc3ccsc3c2=O)cc1. The van der Waals surface area contributed by atoms with Crippen LogP contribution in [0.3, 0.4) is 0 Å². The quantitative estimate of drug-likeness (QED) is 0.328. The van der Waals surface area contributed by atoms with Gasteiger partial charge in [-0.05, 0) is 36.1 Å². The highest BCUT2D eigenvalue weighted by molar-refractivity contribution is 7.99. The van der Waals surface area contributed by atoms with Crippen molar-refractivity contribution < 1.29 is 14.3 Å². The molecule has 33 heavy (non-hydrogen) atoms. The van der Waals surface area contributed by atoms with E-state index in [1.807, 2.05) is 42.6 Å². The number of aryl methyl sites for hydroxylation is 1. The molecule has 0 spiro atoms. The van der Waals surface area contributed by atoms with Gasteiger partial charge in [-0.25, -0.2) is 4.98 Å². The number of benzene rings is 2. The van der Waals surface area contributed by atoms with Crippen LogP contribution in [0.1, 0.15) is 11.1 Å². The van der Waals surface area contributed by atoms with Crippen molar-refractivity contribution in [3.63, 3.8) is 0 Å². The van der Waals surface area contributed by atoms with E-state index in [0.29, 0.717) is 52.3 Å². The third-order valence-electron chi connectivity index (χ3n) is 5.15. The van der Waals surface area contributed by atoms with Gasteiger partial charge in [0, 0.05) is 11.8 Å². The van der Waals surface area contributed by atoms with E-state index in [4.69, 9.17) is 9.47 Å². The summed E-state index contributed by atoms with van der Waals surface area (Å²) in [4.78, 5) is 30.5. The van der Waals surface area contributed by atoms with Crippen LogP contribution < -0.4 is 20.3 Å². The van der Waals surface area contributed by atoms with Crippen LogP contribution in [-0.2, 0) is 11.3 Å². The first-order valence-corrected chi connectivity index (χ1v) is 12.3. The molecule has 0 saturated heterocycles. The Labute approximate surface area is 198 Å². The lowest BCUT2D eigenvalue weighted by Gasteiger charge is -2.19. The highest BCUT2D eigenvalue weighted by atomic mass is 32.2. The molecule has 0 unspecified atom stereocenters. The fourth-order valence-electron chi connectivity index (χ4n) is 3.50. The van der Waals surface area contributed by atoms with Crippen LogP contribution in [0.5, 0.6) is 11.5 Å². The van der Waals surface area contributed by atoms with Crippen molar-refractivity contribution in [1.29, 1.82) is 0 Å². The van der Waals surface area contributed by atoms with E-state index in [-0.39, 0.29) is 17.2 Å². The predicted molar refractivity (Wildman–Crippen MR) is 131 cm³/mol. The summed E-state index contributed by atoms with van der Waals surface area (Å²) in [5, 5.41) is 5.25. The van der Waals surface area contributed by atoms with Crippen molar-refractivity contribution in [1.82, 2.24) is 9.55 Å². The molecule has 3 heterocycles. The van der Waals surface area contributed by atoms with Gasteiger partial charge < -0.3 is 14.8 Å². The first-order valence-electron chi connectivity index (χ1n) is 10.4. The van der Waals surface area contributed by atoms with E-state index in [1.54, 1.807) is 22.8 Å². The first kappa shape index (κ1) is 21.5. The largest absolute Gasteiger partial charge is 0.486 e. The summed E-state index contributed by atoms with van der Waals surface area (Å²) in [6.07, 6.45) is 0. The third kappa shape index (κ3) is 4.74. The van der Waals surface area contributed by atoms with Crippen LogP contribution in [0.15, 0.2) is 63.9 Å². The predicted octanol–water partition coefficient (Wildman–Crippen LogP) is 4.32. The molecule has 5 rings (SSSR count). The van der Waals surface area contributed by atoms with E-state index in [9.17, 15) is 9.59 Å². The number of ether oxygens (including phenoxy) is 2. The number of thioether (sulfide) groups is 1. The molecule has 2 aromatic carbocycles. The van der Waals surface area contributed by atoms with Gasteiger partial charge in [0.05, 0.1) is 17.8 Å². The number of thiophene rings is 1. The Bertz CT molecular complexity index is 1380. The zero-order valence-corrected chi connectivity index (χ0v) is 19.5. The Hall–Kier alpha value is -3.30. The molecule has 1 N–H and O–H groups in total. The van der Waals surface area contributed by atoms with Crippen molar-refractivity contribution >= 4 is 44.9 Å². The van der Waals surface area contributed by atoms with Crippen LogP contribution in [0.2, 0.25) is 0 Å². The number of hydrogen-bond donors (Lipinski definition) is 1. The molecule has 0 fully saturated rings. The minimum atomic E-state index is -0.196. The van der Waals surface area contributed by atoms with Crippen molar-refractivity contribution in [2.24, 2.45) is 0 Å². The third-order valence-corrected chi connectivity index (χ3v) is 7.02. The van der Waals surface area contributed by atoms with Crippen LogP contribution in [0, 0.1) is 6.92 Å². The summed E-state index contributed by atoms with van der Waals surface area (Å²) in [5.74, 6) is 1.20. The van der Waals surface area contributed by atoms with E-state index < -0.39 is 0 Å². The van der Waals surface area contributed by atoms with E-state index in [2.05, 4.69) is 10.3 Å². The highest BCUT2D eigenvalue weighted by Crippen LogP contribution is 2.32. The molecule has 0 atom stereocenters. The summed E-state index contributed by atoms with van der Waals surface area (Å²) in [6, 6.07) is 15.2. The molecule has 168 valence electrons. The van der Waals surface area contributed by atoms with Gasteiger partial charge in [-0.1, -0.05) is 41.6 Å². The maximum absolute atomic E-state index is 13.1. The van der Waals surface area contributed by atoms with Crippen molar-refractivity contribution in [3.05, 3.63) is 75.4 Å². The number of rotatable bonds is 6. The fraction of sp³-hybridized carbons (Fsp3) is 0.208. The van der Waals surface area contributed by atoms with Crippen LogP contribution >= 0.6 is 23.1 Å². The van der Waals surface area contributed by atoms with Gasteiger partial charge in [0.2, 0.25) is 5.91 Å². The van der Waals surface area contributed by atoms with Gasteiger partial charge >= 0.3 is 0 Å². The van der Waals surface area contributed by atoms with E-state index >= 15 is 0 Å². The van der Waals surface area contributed by atoms with Gasteiger partial charge in [-0.3, -0.25) is 14.2 Å². The number of carbonyl (C=O) groups is 1. The van der Waals surface area contributed by atoms with Crippen LogP contribution in [0.4, 0.5) is 5.69 Å². The summed E-state index contributed by atoms with van der Waals surface area (Å²) in [6.45, 7) is 3.42. The molecule has 4 aromatic rings. The van der Waals surface area contributed by atoms with Crippen molar-refractivity contribution in [2.75, 3.05) is 24.3 Å². The Kier molecular flexibility index (Phi) is 6.06. The van der Waals surface area contributed by atoms with Gasteiger partial charge in [-0.2, -0.15) is 0 Å². The summed E-state index contributed by atoms with van der Waals surface area (Å²) < 4.78 is 13.3. The van der Waals surface area contributed by atoms with Gasteiger partial charge in [-0.15, -0.1) is 11.3 Å². The molecule has 2 aromatic heterocycles. The second-order valence-electron chi connectivity index (χ2n) is 7.60. The molecule has 1 aliphatic heterocycles. The van der Waals surface area contributed by atoms with E-state index in [1.165, 1.54) is 23.1 Å². The average Bonchev–Trinajstić information content (AvgIpc) is 3.30. The average molecular weight is 480 g/mol. The van der Waals surface area contributed by atoms with Crippen LogP contribution in [-0.4, -0.2) is 34.4 Å². The highest BCUT2D eigenvalue weighted by Gasteiger charge is 2.16. The number of nitrogens with zero attached hydrogens (tertiary/aromatic N) is 2. The molecule has 0 aliphatic carbocycles.